The lowest BCUT2D eigenvalue weighted by molar-refractivity contribution is 0.221. The fourth-order valence-corrected chi connectivity index (χ4v) is 4.12. The summed E-state index contributed by atoms with van der Waals surface area (Å²) >= 11 is 3.52. The summed E-state index contributed by atoms with van der Waals surface area (Å²) < 4.78 is 7.30. The normalized spacial score (nSPS) is 18.2. The maximum Gasteiger partial charge on any atom is 0.125 e. The zero-order valence-corrected chi connectivity index (χ0v) is 16.4. The number of hydrogen-bond donors (Lipinski definition) is 0. The number of rotatable bonds is 1. The molecule has 2 aliphatic heterocycles. The summed E-state index contributed by atoms with van der Waals surface area (Å²) in [6, 6.07) is 25.5. The lowest BCUT2D eigenvalue weighted by Gasteiger charge is -2.24. The van der Waals surface area contributed by atoms with Crippen LogP contribution in [-0.2, 0) is 13.2 Å². The van der Waals surface area contributed by atoms with Gasteiger partial charge in [-0.25, -0.2) is 0 Å². The molecule has 1 unspecified atom stereocenters. The van der Waals surface area contributed by atoms with Crippen LogP contribution in [0, 0.1) is 0 Å². The van der Waals surface area contributed by atoms with E-state index in [9.17, 15) is 0 Å². The summed E-state index contributed by atoms with van der Waals surface area (Å²) in [5.41, 5.74) is 6.01. The molecule has 0 N–H and O–H groups in total. The van der Waals surface area contributed by atoms with Crippen molar-refractivity contribution in [3.63, 3.8) is 0 Å². The van der Waals surface area contributed by atoms with Crippen LogP contribution in [0.5, 0.6) is 5.75 Å². The molecule has 1 atom stereocenters. The van der Waals surface area contributed by atoms with Crippen LogP contribution in [0.3, 0.4) is 0 Å². The third-order valence-electron chi connectivity index (χ3n) is 5.28. The minimum absolute atomic E-state index is 0.186. The molecule has 0 spiro atoms. The van der Waals surface area contributed by atoms with E-state index in [1.807, 2.05) is 6.07 Å². The fourth-order valence-electron chi connectivity index (χ4n) is 3.86. The number of hydrogen-bond acceptors (Lipinski definition) is 3. The van der Waals surface area contributed by atoms with Gasteiger partial charge < -0.3 is 4.74 Å². The van der Waals surface area contributed by atoms with Crippen LogP contribution >= 0.6 is 15.9 Å². The molecule has 0 saturated carbocycles. The fraction of sp³-hybridized carbons (Fsp3) is 0.174. The highest BCUT2D eigenvalue weighted by Gasteiger charge is 2.32. The maximum atomic E-state index is 6.22. The Morgan fingerprint density at radius 3 is 2.48 bits per heavy atom. The number of para-hydroxylation sites is 1. The van der Waals surface area contributed by atoms with E-state index in [0.29, 0.717) is 6.61 Å². The lowest BCUT2D eigenvalue weighted by Crippen LogP contribution is -2.19. The quantitative estimate of drug-likeness (QED) is 0.506. The molecule has 0 bridgehead atoms. The van der Waals surface area contributed by atoms with Crippen molar-refractivity contribution in [2.75, 3.05) is 0 Å². The number of fused-ring (bicyclic) bond motifs is 4. The molecule has 2 aliphatic rings. The first-order valence-electron chi connectivity index (χ1n) is 9.16. The van der Waals surface area contributed by atoms with Gasteiger partial charge in [0, 0.05) is 16.5 Å². The third kappa shape index (κ3) is 3.15. The zero-order chi connectivity index (χ0) is 18.2. The van der Waals surface area contributed by atoms with Crippen LogP contribution in [0.2, 0.25) is 0 Å². The van der Waals surface area contributed by atoms with Crippen LogP contribution in [0.25, 0.3) is 0 Å². The minimum Gasteiger partial charge on any atom is -0.489 e. The van der Waals surface area contributed by atoms with Crippen LogP contribution in [0.4, 0.5) is 0 Å². The smallest absolute Gasteiger partial charge is 0.125 e. The molecule has 3 nitrogen and oxygen atoms in total. The highest BCUT2D eigenvalue weighted by atomic mass is 79.9. The highest BCUT2D eigenvalue weighted by Crippen LogP contribution is 2.39. The van der Waals surface area contributed by atoms with E-state index in [-0.39, 0.29) is 6.04 Å². The maximum absolute atomic E-state index is 6.22. The Labute approximate surface area is 167 Å². The molecule has 134 valence electrons. The van der Waals surface area contributed by atoms with Gasteiger partial charge in [0.2, 0.25) is 0 Å². The molecular formula is C23H19BrN2O. The van der Waals surface area contributed by atoms with Crippen LogP contribution < -0.4 is 4.74 Å². The molecule has 27 heavy (non-hydrogen) atoms. The topological polar surface area (TPSA) is 24.8 Å². The number of hydrazone groups is 1. The number of halogens is 1. The third-order valence-corrected chi connectivity index (χ3v) is 5.81. The van der Waals surface area contributed by atoms with E-state index >= 15 is 0 Å². The van der Waals surface area contributed by atoms with E-state index in [2.05, 4.69) is 87.7 Å². The van der Waals surface area contributed by atoms with Crippen molar-refractivity contribution < 1.29 is 4.74 Å². The van der Waals surface area contributed by atoms with Gasteiger partial charge in [-0.05, 0) is 34.9 Å². The number of benzene rings is 3. The SMILES string of the molecule is Brc1ccc(C2=NN3Cc4ccccc4COc4ccccc4C3C2)cc1. The lowest BCUT2D eigenvalue weighted by atomic mass is 9.97. The first kappa shape index (κ1) is 16.6. The van der Waals surface area contributed by atoms with Crippen molar-refractivity contribution in [2.45, 2.75) is 25.6 Å². The molecule has 3 aromatic rings. The summed E-state index contributed by atoms with van der Waals surface area (Å²) in [5.74, 6) is 0.955. The molecular weight excluding hydrogens is 400 g/mol. The zero-order valence-electron chi connectivity index (χ0n) is 14.8. The van der Waals surface area contributed by atoms with E-state index in [1.54, 1.807) is 0 Å². The van der Waals surface area contributed by atoms with Gasteiger partial charge in [-0.2, -0.15) is 5.10 Å². The Hall–Kier alpha value is -2.59. The van der Waals surface area contributed by atoms with E-state index in [0.717, 1.165) is 28.9 Å². The number of nitrogens with zero attached hydrogens (tertiary/aromatic N) is 2. The standard InChI is InChI=1S/C23H19BrN2O/c24-19-11-9-16(10-12-19)21-13-22-20-7-3-4-8-23(20)27-15-18-6-2-1-5-17(18)14-26(22)25-21/h1-12,22H,13-15H2. The second-order valence-corrected chi connectivity index (χ2v) is 7.88. The summed E-state index contributed by atoms with van der Waals surface area (Å²) in [4.78, 5) is 0. The summed E-state index contributed by atoms with van der Waals surface area (Å²) in [5, 5.41) is 7.26. The molecule has 0 saturated heterocycles. The van der Waals surface area contributed by atoms with E-state index in [1.165, 1.54) is 22.3 Å². The average Bonchev–Trinajstić information content (AvgIpc) is 3.13. The van der Waals surface area contributed by atoms with Gasteiger partial charge in [0.15, 0.2) is 0 Å². The molecule has 0 radical (unpaired) electrons. The molecule has 0 amide bonds. The van der Waals surface area contributed by atoms with Crippen molar-refractivity contribution in [2.24, 2.45) is 5.10 Å². The Morgan fingerprint density at radius 2 is 1.63 bits per heavy atom. The summed E-state index contributed by atoms with van der Waals surface area (Å²) in [6.07, 6.45) is 0.879. The number of ether oxygens (including phenoxy) is 1. The van der Waals surface area contributed by atoms with Gasteiger partial charge in [-0.3, -0.25) is 5.01 Å². The van der Waals surface area contributed by atoms with Crippen molar-refractivity contribution >= 4 is 21.6 Å². The van der Waals surface area contributed by atoms with Gasteiger partial charge >= 0.3 is 0 Å². The average molecular weight is 419 g/mol. The van der Waals surface area contributed by atoms with Crippen molar-refractivity contribution in [3.8, 4) is 5.75 Å². The van der Waals surface area contributed by atoms with E-state index < -0.39 is 0 Å². The van der Waals surface area contributed by atoms with Crippen molar-refractivity contribution in [3.05, 3.63) is 99.5 Å². The molecule has 2 heterocycles. The summed E-state index contributed by atoms with van der Waals surface area (Å²) in [7, 11) is 0. The van der Waals surface area contributed by atoms with Crippen molar-refractivity contribution in [1.29, 1.82) is 0 Å². The predicted octanol–water partition coefficient (Wildman–Crippen LogP) is 5.69. The summed E-state index contributed by atoms with van der Waals surface area (Å²) in [6.45, 7) is 1.38. The first-order chi connectivity index (χ1) is 13.3. The highest BCUT2D eigenvalue weighted by molar-refractivity contribution is 9.10. The first-order valence-corrected chi connectivity index (χ1v) is 9.96. The van der Waals surface area contributed by atoms with Crippen LogP contribution in [0.1, 0.15) is 34.7 Å². The molecule has 3 aromatic carbocycles. The van der Waals surface area contributed by atoms with Gasteiger partial charge in [-0.1, -0.05) is 70.5 Å². The van der Waals surface area contributed by atoms with E-state index in [4.69, 9.17) is 9.84 Å². The van der Waals surface area contributed by atoms with Gasteiger partial charge in [-0.15, -0.1) is 0 Å². The Morgan fingerprint density at radius 1 is 0.889 bits per heavy atom. The Kier molecular flexibility index (Phi) is 4.21. The monoisotopic (exact) mass is 418 g/mol. The van der Waals surface area contributed by atoms with Gasteiger partial charge in [0.25, 0.3) is 0 Å². The molecule has 0 aromatic heterocycles. The molecule has 5 rings (SSSR count). The van der Waals surface area contributed by atoms with Crippen molar-refractivity contribution in [1.82, 2.24) is 5.01 Å². The van der Waals surface area contributed by atoms with Gasteiger partial charge in [0.05, 0.1) is 18.3 Å². The Balaban J connectivity index is 1.59. The van der Waals surface area contributed by atoms with Gasteiger partial charge in [0.1, 0.15) is 12.4 Å². The largest absolute Gasteiger partial charge is 0.489 e. The van der Waals surface area contributed by atoms with Crippen LogP contribution in [0.15, 0.2) is 82.4 Å². The minimum atomic E-state index is 0.186. The second kappa shape index (κ2) is 6.86. The molecule has 0 fully saturated rings. The molecule has 4 heteroatoms. The molecule has 0 aliphatic carbocycles. The Bertz CT molecular complexity index is 1010. The van der Waals surface area contributed by atoms with Crippen LogP contribution in [-0.4, -0.2) is 10.7 Å². The predicted molar refractivity (Wildman–Crippen MR) is 111 cm³/mol. The second-order valence-electron chi connectivity index (χ2n) is 6.97.